The summed E-state index contributed by atoms with van der Waals surface area (Å²) in [6.45, 7) is 14.7. The van der Waals surface area contributed by atoms with E-state index in [0.717, 1.165) is 58.2 Å². The van der Waals surface area contributed by atoms with Gasteiger partial charge in [0.1, 0.15) is 0 Å². The standard InChI is InChI=1S/C16H33N3O.HI/c1-5-7-12-20-13-8-10-18-15(17-6-2)19-11-9-16(3,4)14-19;/h5-14H2,1-4H3,(H,17,18);1H. The molecular weight excluding hydrogens is 377 g/mol. The van der Waals surface area contributed by atoms with Gasteiger partial charge in [-0.05, 0) is 31.6 Å². The molecule has 1 N–H and O–H groups in total. The van der Waals surface area contributed by atoms with E-state index in [1.54, 1.807) is 0 Å². The molecule has 1 aliphatic rings. The highest BCUT2D eigenvalue weighted by Gasteiger charge is 2.30. The average molecular weight is 411 g/mol. The number of aliphatic imine (C=N–C) groups is 1. The Morgan fingerprint density at radius 3 is 2.52 bits per heavy atom. The number of rotatable bonds is 8. The van der Waals surface area contributed by atoms with Crippen molar-refractivity contribution in [2.75, 3.05) is 39.4 Å². The minimum Gasteiger partial charge on any atom is -0.381 e. The summed E-state index contributed by atoms with van der Waals surface area (Å²) in [7, 11) is 0. The number of unbranched alkanes of at least 4 members (excludes halogenated alkanes) is 1. The van der Waals surface area contributed by atoms with E-state index >= 15 is 0 Å². The first-order chi connectivity index (χ1) is 9.59. The molecule has 21 heavy (non-hydrogen) atoms. The Morgan fingerprint density at radius 2 is 1.95 bits per heavy atom. The van der Waals surface area contributed by atoms with Crippen molar-refractivity contribution in [3.63, 3.8) is 0 Å². The molecule has 0 saturated carbocycles. The molecule has 0 aromatic carbocycles. The van der Waals surface area contributed by atoms with Crippen LogP contribution in [0.2, 0.25) is 0 Å². The van der Waals surface area contributed by atoms with Crippen LogP contribution in [0.5, 0.6) is 0 Å². The second-order valence-electron chi connectivity index (χ2n) is 6.39. The summed E-state index contributed by atoms with van der Waals surface area (Å²) < 4.78 is 5.57. The molecule has 0 aromatic rings. The van der Waals surface area contributed by atoms with Gasteiger partial charge in [0.05, 0.1) is 0 Å². The Labute approximate surface area is 148 Å². The summed E-state index contributed by atoms with van der Waals surface area (Å²) >= 11 is 0. The first-order valence-electron chi connectivity index (χ1n) is 8.20. The summed E-state index contributed by atoms with van der Waals surface area (Å²) in [4.78, 5) is 7.12. The van der Waals surface area contributed by atoms with Crippen molar-refractivity contribution >= 4 is 29.9 Å². The van der Waals surface area contributed by atoms with Crippen molar-refractivity contribution in [3.05, 3.63) is 0 Å². The highest BCUT2D eigenvalue weighted by atomic mass is 127. The van der Waals surface area contributed by atoms with Gasteiger partial charge in [-0.15, -0.1) is 24.0 Å². The van der Waals surface area contributed by atoms with Gasteiger partial charge < -0.3 is 15.0 Å². The summed E-state index contributed by atoms with van der Waals surface area (Å²) in [6.07, 6.45) is 4.62. The van der Waals surface area contributed by atoms with Crippen LogP contribution in [0.25, 0.3) is 0 Å². The molecule has 126 valence electrons. The Bertz CT molecular complexity index is 295. The molecule has 0 unspecified atom stereocenters. The van der Waals surface area contributed by atoms with Gasteiger partial charge in [-0.2, -0.15) is 0 Å². The van der Waals surface area contributed by atoms with Gasteiger partial charge in [0.15, 0.2) is 5.96 Å². The van der Waals surface area contributed by atoms with Gasteiger partial charge in [0, 0.05) is 39.4 Å². The fourth-order valence-electron chi connectivity index (χ4n) is 2.42. The Balaban J connectivity index is 0.00000400. The summed E-state index contributed by atoms with van der Waals surface area (Å²) in [5.41, 5.74) is 0.416. The van der Waals surface area contributed by atoms with Gasteiger partial charge >= 0.3 is 0 Å². The van der Waals surface area contributed by atoms with Crippen molar-refractivity contribution in [2.45, 2.75) is 53.4 Å². The molecule has 0 radical (unpaired) electrons. The lowest BCUT2D eigenvalue weighted by atomic mass is 9.93. The van der Waals surface area contributed by atoms with Gasteiger partial charge in [-0.25, -0.2) is 0 Å². The minimum atomic E-state index is 0. The lowest BCUT2D eigenvalue weighted by molar-refractivity contribution is 0.130. The molecule has 5 heteroatoms. The van der Waals surface area contributed by atoms with E-state index in [4.69, 9.17) is 9.73 Å². The van der Waals surface area contributed by atoms with Crippen LogP contribution in [0.15, 0.2) is 4.99 Å². The van der Waals surface area contributed by atoms with E-state index in [1.165, 1.54) is 12.8 Å². The van der Waals surface area contributed by atoms with Crippen LogP contribution in [0.4, 0.5) is 0 Å². The Morgan fingerprint density at radius 1 is 1.24 bits per heavy atom. The number of ether oxygens (including phenoxy) is 1. The molecule has 4 nitrogen and oxygen atoms in total. The van der Waals surface area contributed by atoms with Crippen molar-refractivity contribution in [1.29, 1.82) is 0 Å². The molecule has 0 amide bonds. The molecule has 0 aromatic heterocycles. The summed E-state index contributed by atoms with van der Waals surface area (Å²) in [5.74, 6) is 1.08. The number of hydrogen-bond acceptors (Lipinski definition) is 2. The highest BCUT2D eigenvalue weighted by molar-refractivity contribution is 14.0. The third kappa shape index (κ3) is 8.86. The van der Waals surface area contributed by atoms with E-state index in [9.17, 15) is 0 Å². The lowest BCUT2D eigenvalue weighted by Gasteiger charge is -2.23. The summed E-state index contributed by atoms with van der Waals surface area (Å²) in [5, 5.41) is 3.41. The van der Waals surface area contributed by atoms with Crippen molar-refractivity contribution in [1.82, 2.24) is 10.2 Å². The van der Waals surface area contributed by atoms with E-state index in [-0.39, 0.29) is 24.0 Å². The monoisotopic (exact) mass is 411 g/mol. The molecule has 1 aliphatic heterocycles. The van der Waals surface area contributed by atoms with Gasteiger partial charge in [0.25, 0.3) is 0 Å². The quantitative estimate of drug-likeness (QED) is 0.288. The Hall–Kier alpha value is -0.0400. The molecule has 0 spiro atoms. The van der Waals surface area contributed by atoms with Crippen LogP contribution < -0.4 is 5.32 Å². The van der Waals surface area contributed by atoms with E-state index < -0.39 is 0 Å². The minimum absolute atomic E-state index is 0. The first-order valence-corrected chi connectivity index (χ1v) is 8.20. The van der Waals surface area contributed by atoms with E-state index in [2.05, 4.69) is 37.9 Å². The zero-order valence-corrected chi connectivity index (χ0v) is 16.6. The fraction of sp³-hybridized carbons (Fsp3) is 0.938. The maximum atomic E-state index is 5.57. The third-order valence-electron chi connectivity index (χ3n) is 3.66. The molecule has 0 atom stereocenters. The summed E-state index contributed by atoms with van der Waals surface area (Å²) in [6, 6.07) is 0. The van der Waals surface area contributed by atoms with E-state index in [1.807, 2.05) is 0 Å². The third-order valence-corrected chi connectivity index (χ3v) is 3.66. The van der Waals surface area contributed by atoms with Gasteiger partial charge in [-0.3, -0.25) is 4.99 Å². The zero-order valence-electron chi connectivity index (χ0n) is 14.3. The van der Waals surface area contributed by atoms with Crippen molar-refractivity contribution in [3.8, 4) is 0 Å². The average Bonchev–Trinajstić information content (AvgIpc) is 2.77. The fourth-order valence-corrected chi connectivity index (χ4v) is 2.42. The smallest absolute Gasteiger partial charge is 0.193 e. The number of likely N-dealkylation sites (tertiary alicyclic amines) is 1. The topological polar surface area (TPSA) is 36.9 Å². The molecule has 1 rings (SSSR count). The molecule has 0 bridgehead atoms. The molecule has 1 saturated heterocycles. The van der Waals surface area contributed by atoms with Crippen LogP contribution in [0.1, 0.15) is 53.4 Å². The molecule has 1 fully saturated rings. The Kier molecular flexibility index (Phi) is 11.5. The van der Waals surface area contributed by atoms with Crippen molar-refractivity contribution < 1.29 is 4.74 Å². The normalized spacial score (nSPS) is 17.7. The number of hydrogen-bond donors (Lipinski definition) is 1. The number of guanidine groups is 1. The number of halogens is 1. The van der Waals surface area contributed by atoms with Gasteiger partial charge in [0.2, 0.25) is 0 Å². The van der Waals surface area contributed by atoms with Crippen LogP contribution in [0.3, 0.4) is 0 Å². The van der Waals surface area contributed by atoms with Crippen LogP contribution >= 0.6 is 24.0 Å². The number of nitrogens with one attached hydrogen (secondary N) is 1. The van der Waals surface area contributed by atoms with Crippen LogP contribution in [0, 0.1) is 5.41 Å². The van der Waals surface area contributed by atoms with Crippen LogP contribution in [-0.2, 0) is 4.74 Å². The van der Waals surface area contributed by atoms with Gasteiger partial charge in [-0.1, -0.05) is 27.2 Å². The maximum absolute atomic E-state index is 5.57. The lowest BCUT2D eigenvalue weighted by Crippen LogP contribution is -2.40. The largest absolute Gasteiger partial charge is 0.381 e. The second-order valence-corrected chi connectivity index (χ2v) is 6.39. The van der Waals surface area contributed by atoms with Crippen LogP contribution in [-0.4, -0.2) is 50.3 Å². The number of nitrogens with zero attached hydrogens (tertiary/aromatic N) is 2. The van der Waals surface area contributed by atoms with E-state index in [0.29, 0.717) is 5.41 Å². The maximum Gasteiger partial charge on any atom is 0.193 e. The predicted molar refractivity (Wildman–Crippen MR) is 102 cm³/mol. The molecular formula is C16H34IN3O. The van der Waals surface area contributed by atoms with Crippen molar-refractivity contribution in [2.24, 2.45) is 10.4 Å². The SMILES string of the molecule is CCCCOCCCN=C(NCC)N1CCC(C)(C)C1.I. The molecule has 0 aliphatic carbocycles. The predicted octanol–water partition coefficient (Wildman–Crippen LogP) is 3.51. The zero-order chi connectivity index (χ0) is 14.8. The second kappa shape index (κ2) is 11.5. The highest BCUT2D eigenvalue weighted by Crippen LogP contribution is 2.28. The molecule has 1 heterocycles. The first kappa shape index (κ1) is 21.0.